The summed E-state index contributed by atoms with van der Waals surface area (Å²) >= 11 is 5.69. The number of carbonyl (C=O) groups is 3. The lowest BCUT2D eigenvalue weighted by atomic mass is 9.97. The molecule has 0 saturated carbocycles. The minimum Gasteiger partial charge on any atom is -0.480 e. The second-order valence-corrected chi connectivity index (χ2v) is 9.50. The van der Waals surface area contributed by atoms with Crippen molar-refractivity contribution < 1.29 is 19.5 Å². The van der Waals surface area contributed by atoms with E-state index in [4.69, 9.17) is 5.73 Å². The molecule has 0 bridgehead atoms. The number of thiol groups is 1. The molecule has 5 atom stereocenters. The lowest BCUT2D eigenvalue weighted by Gasteiger charge is -2.28. The zero-order valence-corrected chi connectivity index (χ0v) is 21.3. The fraction of sp³-hybridized carbons (Fsp3) is 0.609. The average Bonchev–Trinajstić information content (AvgIpc) is 2.81. The van der Waals surface area contributed by atoms with Gasteiger partial charge in [-0.25, -0.2) is 4.79 Å². The lowest BCUT2D eigenvalue weighted by molar-refractivity contribution is -0.142. The first-order chi connectivity index (χ1) is 15.7. The van der Waals surface area contributed by atoms with Crippen LogP contribution in [0.25, 0.3) is 0 Å². The maximum absolute atomic E-state index is 13.2. The van der Waals surface area contributed by atoms with Gasteiger partial charge in [0.15, 0.2) is 0 Å². The highest BCUT2D eigenvalue weighted by Crippen LogP contribution is 2.11. The van der Waals surface area contributed by atoms with Gasteiger partial charge in [0.05, 0.1) is 6.04 Å². The molecule has 10 heteroatoms. The molecule has 8 nitrogen and oxygen atoms in total. The first-order valence-electron chi connectivity index (χ1n) is 11.2. The van der Waals surface area contributed by atoms with Crippen molar-refractivity contribution in [2.24, 2.45) is 11.7 Å². The molecule has 0 aliphatic carbocycles. The van der Waals surface area contributed by atoms with Gasteiger partial charge in [-0.05, 0) is 29.9 Å². The number of carboxylic acids is 1. The standard InChI is InChI=1S/C23H38N4O4S2/c1-4-15(2)20(25-13-17(24)14-32)22(29)27-19(12-16-8-6-5-7-9-16)21(28)26-18(23(30)31)10-11-33-3/h5-9,15,17-20,25,32H,4,10-14,24H2,1-3H3,(H,26,28)(H,27,29)(H,30,31). The number of thioether (sulfide) groups is 1. The molecular weight excluding hydrogens is 460 g/mol. The van der Waals surface area contributed by atoms with Crippen LogP contribution in [0.15, 0.2) is 30.3 Å². The van der Waals surface area contributed by atoms with Crippen LogP contribution in [0.1, 0.15) is 32.3 Å². The molecule has 33 heavy (non-hydrogen) atoms. The van der Waals surface area contributed by atoms with Gasteiger partial charge in [-0.2, -0.15) is 24.4 Å². The Morgan fingerprint density at radius 3 is 2.30 bits per heavy atom. The molecule has 0 fully saturated rings. The molecule has 0 aliphatic heterocycles. The molecule has 2 amide bonds. The summed E-state index contributed by atoms with van der Waals surface area (Å²) in [6.45, 7) is 4.36. The molecule has 1 aromatic rings. The van der Waals surface area contributed by atoms with Crippen LogP contribution >= 0.6 is 24.4 Å². The van der Waals surface area contributed by atoms with E-state index in [1.807, 2.05) is 50.4 Å². The van der Waals surface area contributed by atoms with Gasteiger partial charge in [0.25, 0.3) is 0 Å². The summed E-state index contributed by atoms with van der Waals surface area (Å²) in [5.74, 6) is -0.849. The predicted molar refractivity (Wildman–Crippen MR) is 138 cm³/mol. The number of rotatable bonds is 16. The first-order valence-corrected chi connectivity index (χ1v) is 13.2. The summed E-state index contributed by atoms with van der Waals surface area (Å²) in [4.78, 5) is 37.9. The van der Waals surface area contributed by atoms with Crippen molar-refractivity contribution in [2.75, 3.05) is 24.3 Å². The third kappa shape index (κ3) is 10.8. The van der Waals surface area contributed by atoms with E-state index < -0.39 is 30.0 Å². The smallest absolute Gasteiger partial charge is 0.326 e. The molecule has 186 valence electrons. The van der Waals surface area contributed by atoms with Crippen LogP contribution in [0.5, 0.6) is 0 Å². The minimum atomic E-state index is -1.10. The predicted octanol–water partition coefficient (Wildman–Crippen LogP) is 1.30. The topological polar surface area (TPSA) is 134 Å². The summed E-state index contributed by atoms with van der Waals surface area (Å²) in [6, 6.07) is 6.63. The number of hydrogen-bond donors (Lipinski definition) is 6. The van der Waals surface area contributed by atoms with E-state index in [1.54, 1.807) is 0 Å². The number of amides is 2. The van der Waals surface area contributed by atoms with Crippen molar-refractivity contribution in [1.82, 2.24) is 16.0 Å². The molecule has 1 aromatic carbocycles. The van der Waals surface area contributed by atoms with Crippen LogP contribution < -0.4 is 21.7 Å². The number of hydrogen-bond acceptors (Lipinski definition) is 7. The molecule has 0 radical (unpaired) electrons. The summed E-state index contributed by atoms with van der Waals surface area (Å²) < 4.78 is 0. The highest BCUT2D eigenvalue weighted by Gasteiger charge is 2.30. The Kier molecular flexibility index (Phi) is 14.2. The zero-order valence-electron chi connectivity index (χ0n) is 19.6. The Morgan fingerprint density at radius 2 is 1.76 bits per heavy atom. The molecule has 0 spiro atoms. The van der Waals surface area contributed by atoms with Gasteiger partial charge in [-0.15, -0.1) is 0 Å². The second-order valence-electron chi connectivity index (χ2n) is 8.15. The molecule has 0 aromatic heterocycles. The normalized spacial score (nSPS) is 15.7. The first kappa shape index (κ1) is 29.3. The number of aliphatic carboxylic acids is 1. The third-order valence-corrected chi connectivity index (χ3v) is 6.58. The Bertz CT molecular complexity index is 738. The van der Waals surface area contributed by atoms with Gasteiger partial charge < -0.3 is 26.8 Å². The van der Waals surface area contributed by atoms with Gasteiger partial charge in [0.1, 0.15) is 12.1 Å². The van der Waals surface area contributed by atoms with E-state index in [0.717, 1.165) is 12.0 Å². The molecule has 6 N–H and O–H groups in total. The van der Waals surface area contributed by atoms with Gasteiger partial charge in [-0.3, -0.25) is 9.59 Å². The Labute approximate surface area is 206 Å². The van der Waals surface area contributed by atoms with E-state index in [1.165, 1.54) is 11.8 Å². The van der Waals surface area contributed by atoms with Gasteiger partial charge in [-0.1, -0.05) is 50.6 Å². The summed E-state index contributed by atoms with van der Waals surface area (Å²) in [5.41, 5.74) is 6.81. The lowest BCUT2D eigenvalue weighted by Crippen LogP contribution is -2.58. The van der Waals surface area contributed by atoms with Crippen LogP contribution in [0.3, 0.4) is 0 Å². The van der Waals surface area contributed by atoms with Crippen molar-refractivity contribution in [3.63, 3.8) is 0 Å². The van der Waals surface area contributed by atoms with Crippen LogP contribution in [-0.4, -0.2) is 71.4 Å². The second kappa shape index (κ2) is 16.0. The molecule has 0 aliphatic rings. The van der Waals surface area contributed by atoms with Crippen LogP contribution in [-0.2, 0) is 20.8 Å². The number of carbonyl (C=O) groups excluding carboxylic acids is 2. The number of benzene rings is 1. The van der Waals surface area contributed by atoms with Crippen LogP contribution in [0, 0.1) is 5.92 Å². The quantitative estimate of drug-likeness (QED) is 0.189. The average molecular weight is 499 g/mol. The maximum Gasteiger partial charge on any atom is 0.326 e. The van der Waals surface area contributed by atoms with Crippen LogP contribution in [0.2, 0.25) is 0 Å². The van der Waals surface area contributed by atoms with E-state index in [0.29, 0.717) is 24.5 Å². The maximum atomic E-state index is 13.2. The van der Waals surface area contributed by atoms with E-state index in [-0.39, 0.29) is 24.3 Å². The largest absolute Gasteiger partial charge is 0.480 e. The zero-order chi connectivity index (χ0) is 24.8. The fourth-order valence-electron chi connectivity index (χ4n) is 3.22. The van der Waals surface area contributed by atoms with E-state index in [9.17, 15) is 19.5 Å². The summed E-state index contributed by atoms with van der Waals surface area (Å²) in [6.07, 6.45) is 3.18. The number of nitrogens with one attached hydrogen (secondary N) is 3. The monoisotopic (exact) mass is 498 g/mol. The molecule has 0 heterocycles. The Morgan fingerprint density at radius 1 is 1.12 bits per heavy atom. The summed E-state index contributed by atoms with van der Waals surface area (Å²) in [7, 11) is 0. The number of carboxylic acid groups (broad SMARTS) is 1. The molecule has 5 unspecified atom stereocenters. The molecule has 1 rings (SSSR count). The number of nitrogens with two attached hydrogens (primary N) is 1. The van der Waals surface area contributed by atoms with Gasteiger partial charge >= 0.3 is 5.97 Å². The van der Waals surface area contributed by atoms with Crippen molar-refractivity contribution in [1.29, 1.82) is 0 Å². The third-order valence-electron chi connectivity index (χ3n) is 5.47. The fourth-order valence-corrected chi connectivity index (χ4v) is 3.82. The minimum absolute atomic E-state index is 0.00546. The van der Waals surface area contributed by atoms with Crippen LogP contribution in [0.4, 0.5) is 0 Å². The van der Waals surface area contributed by atoms with Crippen molar-refractivity contribution in [3.8, 4) is 0 Å². The SMILES string of the molecule is CCC(C)C(NCC(N)CS)C(=O)NC(Cc1ccccc1)C(=O)NC(CCSC)C(=O)O. The summed E-state index contributed by atoms with van der Waals surface area (Å²) in [5, 5.41) is 18.2. The van der Waals surface area contributed by atoms with Gasteiger partial charge in [0.2, 0.25) is 11.8 Å². The molecular formula is C23H38N4O4S2. The van der Waals surface area contributed by atoms with Crippen molar-refractivity contribution >= 4 is 42.2 Å². The Hall–Kier alpha value is -1.75. The van der Waals surface area contributed by atoms with Gasteiger partial charge in [0, 0.05) is 24.8 Å². The molecule has 0 saturated heterocycles. The Balaban J connectivity index is 3.04. The van der Waals surface area contributed by atoms with E-state index in [2.05, 4.69) is 28.6 Å². The van der Waals surface area contributed by atoms with E-state index >= 15 is 0 Å². The van der Waals surface area contributed by atoms with Crippen molar-refractivity contribution in [3.05, 3.63) is 35.9 Å². The highest BCUT2D eigenvalue weighted by molar-refractivity contribution is 7.98. The highest BCUT2D eigenvalue weighted by atomic mass is 32.2. The van der Waals surface area contributed by atoms with Crippen molar-refractivity contribution in [2.45, 2.75) is 57.3 Å².